The minimum absolute atomic E-state index is 0.0754. The number of thiazole rings is 1. The van der Waals surface area contributed by atoms with E-state index >= 15 is 0 Å². The van der Waals surface area contributed by atoms with Crippen molar-refractivity contribution in [3.8, 4) is 0 Å². The smallest absolute Gasteiger partial charge is 0.229 e. The Hall–Kier alpha value is -0.980. The Bertz CT molecular complexity index is 383. The Labute approximate surface area is 111 Å². The molecule has 1 aliphatic rings. The maximum Gasteiger partial charge on any atom is 0.229 e. The van der Waals surface area contributed by atoms with E-state index in [0.717, 1.165) is 12.2 Å². The molecule has 2 atom stereocenters. The van der Waals surface area contributed by atoms with Gasteiger partial charge in [-0.2, -0.15) is 0 Å². The van der Waals surface area contributed by atoms with Crippen molar-refractivity contribution in [2.75, 3.05) is 26.8 Å². The number of hydrogen-bond donors (Lipinski definition) is 1. The van der Waals surface area contributed by atoms with Crippen molar-refractivity contribution in [3.63, 3.8) is 0 Å². The molecule has 1 aromatic heterocycles. The van der Waals surface area contributed by atoms with Crippen LogP contribution in [0.1, 0.15) is 12.6 Å². The van der Waals surface area contributed by atoms with Crippen molar-refractivity contribution in [2.24, 2.45) is 5.92 Å². The second-order valence-corrected chi connectivity index (χ2v) is 5.20. The average Bonchev–Trinajstić information content (AvgIpc) is 3.00. The molecule has 100 valence electrons. The lowest BCUT2D eigenvalue weighted by Gasteiger charge is -2.23. The fourth-order valence-corrected chi connectivity index (χ4v) is 2.73. The van der Waals surface area contributed by atoms with Crippen LogP contribution in [0.2, 0.25) is 0 Å². The highest BCUT2D eigenvalue weighted by Crippen LogP contribution is 2.17. The zero-order valence-electron chi connectivity index (χ0n) is 10.8. The lowest BCUT2D eigenvalue weighted by atomic mass is 10.0. The molecule has 18 heavy (non-hydrogen) atoms. The molecule has 2 heterocycles. The summed E-state index contributed by atoms with van der Waals surface area (Å²) in [6, 6.07) is 0.139. The van der Waals surface area contributed by atoms with E-state index < -0.39 is 0 Å². The van der Waals surface area contributed by atoms with Gasteiger partial charge in [0.05, 0.1) is 36.9 Å². The molecule has 0 radical (unpaired) electrons. The molecule has 1 aliphatic heterocycles. The lowest BCUT2D eigenvalue weighted by molar-refractivity contribution is -0.135. The van der Waals surface area contributed by atoms with Crippen molar-refractivity contribution >= 4 is 17.2 Å². The Morgan fingerprint density at radius 3 is 3.17 bits per heavy atom. The first kappa shape index (κ1) is 13.5. The van der Waals surface area contributed by atoms with Crippen LogP contribution in [0.15, 0.2) is 10.9 Å². The minimum atomic E-state index is -0.0754. The molecule has 1 fully saturated rings. The summed E-state index contributed by atoms with van der Waals surface area (Å²) in [6.07, 6.45) is 0. The van der Waals surface area contributed by atoms with E-state index in [9.17, 15) is 4.79 Å². The van der Waals surface area contributed by atoms with Gasteiger partial charge in [-0.3, -0.25) is 4.79 Å². The summed E-state index contributed by atoms with van der Waals surface area (Å²) in [4.78, 5) is 18.3. The third kappa shape index (κ3) is 3.07. The number of carbonyl (C=O) groups is 1. The maximum atomic E-state index is 12.3. The Morgan fingerprint density at radius 2 is 2.50 bits per heavy atom. The van der Waals surface area contributed by atoms with Gasteiger partial charge in [0, 0.05) is 18.5 Å². The van der Waals surface area contributed by atoms with Crippen molar-refractivity contribution in [3.05, 3.63) is 16.6 Å². The fraction of sp³-hybridized carbons (Fsp3) is 0.667. The number of ether oxygens (including phenoxy) is 1. The fourth-order valence-electron chi connectivity index (χ4n) is 2.18. The van der Waals surface area contributed by atoms with Crippen molar-refractivity contribution in [1.82, 2.24) is 15.2 Å². The summed E-state index contributed by atoms with van der Waals surface area (Å²) in [6.45, 7) is 4.59. The molecule has 2 rings (SSSR count). The van der Waals surface area contributed by atoms with E-state index in [4.69, 9.17) is 4.74 Å². The molecule has 1 N–H and O–H groups in total. The molecule has 0 aromatic carbocycles. The highest BCUT2D eigenvalue weighted by Gasteiger charge is 2.35. The molecular formula is C12H19N3O2S. The van der Waals surface area contributed by atoms with Crippen LogP contribution < -0.4 is 5.32 Å². The zero-order chi connectivity index (χ0) is 13.0. The second kappa shape index (κ2) is 6.26. The van der Waals surface area contributed by atoms with Crippen LogP contribution in [0.25, 0.3) is 0 Å². The summed E-state index contributed by atoms with van der Waals surface area (Å²) < 4.78 is 5.41. The van der Waals surface area contributed by atoms with Crippen molar-refractivity contribution in [2.45, 2.75) is 19.5 Å². The van der Waals surface area contributed by atoms with Gasteiger partial charge >= 0.3 is 0 Å². The SMILES string of the molecule is CCNC1COCC1C(=O)N(C)Cc1cscn1. The molecular weight excluding hydrogens is 250 g/mol. The van der Waals surface area contributed by atoms with Gasteiger partial charge in [0.15, 0.2) is 0 Å². The molecule has 0 saturated carbocycles. The summed E-state index contributed by atoms with van der Waals surface area (Å²) >= 11 is 1.55. The number of nitrogens with zero attached hydrogens (tertiary/aromatic N) is 2. The average molecular weight is 269 g/mol. The second-order valence-electron chi connectivity index (χ2n) is 4.48. The van der Waals surface area contributed by atoms with Gasteiger partial charge < -0.3 is 15.0 Å². The quantitative estimate of drug-likeness (QED) is 0.856. The van der Waals surface area contributed by atoms with E-state index in [1.165, 1.54) is 0 Å². The maximum absolute atomic E-state index is 12.3. The molecule has 0 spiro atoms. The van der Waals surface area contributed by atoms with E-state index in [2.05, 4.69) is 10.3 Å². The van der Waals surface area contributed by atoms with Gasteiger partial charge in [-0.25, -0.2) is 4.98 Å². The summed E-state index contributed by atoms with van der Waals surface area (Å²) in [7, 11) is 1.82. The summed E-state index contributed by atoms with van der Waals surface area (Å²) in [5.41, 5.74) is 2.73. The van der Waals surface area contributed by atoms with Crippen molar-refractivity contribution < 1.29 is 9.53 Å². The van der Waals surface area contributed by atoms with Gasteiger partial charge in [0.2, 0.25) is 5.91 Å². The monoisotopic (exact) mass is 269 g/mol. The Balaban J connectivity index is 1.93. The highest BCUT2D eigenvalue weighted by molar-refractivity contribution is 7.07. The molecule has 0 bridgehead atoms. The molecule has 1 aromatic rings. The summed E-state index contributed by atoms with van der Waals surface area (Å²) in [5.74, 6) is 0.0556. The van der Waals surface area contributed by atoms with E-state index in [1.54, 1.807) is 21.7 Å². The predicted octanol–water partition coefficient (Wildman–Crippen LogP) is 0.726. The standard InChI is InChI=1S/C12H19N3O2S/c1-3-13-11-6-17-5-10(11)12(16)15(2)4-9-7-18-8-14-9/h7-8,10-11,13H,3-6H2,1-2H3. The Kier molecular flexibility index (Phi) is 4.68. The number of nitrogens with one attached hydrogen (secondary N) is 1. The van der Waals surface area contributed by atoms with E-state index in [1.807, 2.05) is 19.4 Å². The molecule has 6 heteroatoms. The van der Waals surface area contributed by atoms with Crippen LogP contribution in [-0.4, -0.2) is 48.6 Å². The first-order valence-corrected chi connectivity index (χ1v) is 7.09. The summed E-state index contributed by atoms with van der Waals surface area (Å²) in [5, 5.41) is 5.27. The molecule has 1 saturated heterocycles. The van der Waals surface area contributed by atoms with Crippen LogP contribution in [0.3, 0.4) is 0 Å². The zero-order valence-corrected chi connectivity index (χ0v) is 11.6. The largest absolute Gasteiger partial charge is 0.379 e. The number of amides is 1. The first-order valence-electron chi connectivity index (χ1n) is 6.15. The number of rotatable bonds is 5. The van der Waals surface area contributed by atoms with Crippen LogP contribution >= 0.6 is 11.3 Å². The van der Waals surface area contributed by atoms with Crippen LogP contribution in [0, 0.1) is 5.92 Å². The topological polar surface area (TPSA) is 54.5 Å². The van der Waals surface area contributed by atoms with Gasteiger partial charge in [-0.05, 0) is 6.54 Å². The minimum Gasteiger partial charge on any atom is -0.379 e. The number of aromatic nitrogens is 1. The number of likely N-dealkylation sites (N-methyl/N-ethyl adjacent to an activating group) is 1. The van der Waals surface area contributed by atoms with Crippen LogP contribution in [-0.2, 0) is 16.1 Å². The predicted molar refractivity (Wildman–Crippen MR) is 70.4 cm³/mol. The lowest BCUT2D eigenvalue weighted by Crippen LogP contribution is -2.44. The third-order valence-electron chi connectivity index (χ3n) is 3.12. The van der Waals surface area contributed by atoms with Gasteiger partial charge in [0.1, 0.15) is 0 Å². The molecule has 0 aliphatic carbocycles. The molecule has 5 nitrogen and oxygen atoms in total. The molecule has 1 amide bonds. The van der Waals surface area contributed by atoms with E-state index in [-0.39, 0.29) is 17.9 Å². The van der Waals surface area contributed by atoms with Gasteiger partial charge in [-0.1, -0.05) is 6.92 Å². The first-order chi connectivity index (χ1) is 8.72. The highest BCUT2D eigenvalue weighted by atomic mass is 32.1. The Morgan fingerprint density at radius 1 is 1.67 bits per heavy atom. The van der Waals surface area contributed by atoms with E-state index in [0.29, 0.717) is 19.8 Å². The van der Waals surface area contributed by atoms with Crippen LogP contribution in [0.5, 0.6) is 0 Å². The third-order valence-corrected chi connectivity index (χ3v) is 3.76. The number of hydrogen-bond acceptors (Lipinski definition) is 5. The van der Waals surface area contributed by atoms with Crippen LogP contribution in [0.4, 0.5) is 0 Å². The van der Waals surface area contributed by atoms with Crippen molar-refractivity contribution in [1.29, 1.82) is 0 Å². The van der Waals surface area contributed by atoms with Gasteiger partial charge in [0.25, 0.3) is 0 Å². The molecule has 2 unspecified atom stereocenters. The van der Waals surface area contributed by atoms with Gasteiger partial charge in [-0.15, -0.1) is 11.3 Å². The number of carbonyl (C=O) groups excluding carboxylic acids is 1. The normalized spacial score (nSPS) is 23.2.